The van der Waals surface area contributed by atoms with E-state index >= 15 is 0 Å². The molecular formula is C4H6NS. The molecule has 0 N–H and O–H groups in total. The third-order valence-electron chi connectivity index (χ3n) is 0.977. The van der Waals surface area contributed by atoms with Gasteiger partial charge in [-0.25, -0.2) is 0 Å². The van der Waals surface area contributed by atoms with Crippen molar-refractivity contribution in [3.63, 3.8) is 0 Å². The average molecular weight is 100 g/mol. The van der Waals surface area contributed by atoms with E-state index < -0.39 is 0 Å². The van der Waals surface area contributed by atoms with Gasteiger partial charge in [0.2, 0.25) is 0 Å². The molecule has 0 aliphatic carbocycles. The Hall–Kier alpha value is -0.110. The van der Waals surface area contributed by atoms with Crippen LogP contribution >= 0.6 is 12.2 Å². The first-order chi connectivity index (χ1) is 2.84. The predicted molar refractivity (Wildman–Crippen MR) is 28.8 cm³/mol. The van der Waals surface area contributed by atoms with E-state index in [4.69, 9.17) is 0 Å². The second-order valence-corrected chi connectivity index (χ2v) is 1.78. The Morgan fingerprint density at radius 3 is 2.50 bits per heavy atom. The summed E-state index contributed by atoms with van der Waals surface area (Å²) in [4.78, 5) is 1.98. The fraction of sp³-hybridized carbons (Fsp3) is 0.750. The first kappa shape index (κ1) is 4.06. The van der Waals surface area contributed by atoms with Crippen LogP contribution in [0.1, 0.15) is 6.92 Å². The van der Waals surface area contributed by atoms with Gasteiger partial charge in [0, 0.05) is 12.6 Å². The zero-order valence-electron chi connectivity index (χ0n) is 3.64. The molecule has 1 rings (SSSR count). The summed E-state index contributed by atoms with van der Waals surface area (Å²) in [5, 5.41) is 0. The Balaban J connectivity index is 2.25. The number of thiocarbonyl (C=S) groups is 1. The maximum atomic E-state index is 4.49. The molecule has 1 radical (unpaired) electrons. The minimum absolute atomic E-state index is 0.683. The lowest BCUT2D eigenvalue weighted by Gasteiger charge is -1.79. The van der Waals surface area contributed by atoms with Gasteiger partial charge < -0.3 is 4.90 Å². The molecule has 1 heterocycles. The number of rotatable bonds is 1. The van der Waals surface area contributed by atoms with E-state index in [2.05, 4.69) is 24.6 Å². The molecule has 1 nitrogen and oxygen atoms in total. The van der Waals surface area contributed by atoms with Gasteiger partial charge in [0.15, 0.2) is 0 Å². The van der Waals surface area contributed by atoms with Crippen LogP contribution < -0.4 is 0 Å². The van der Waals surface area contributed by atoms with E-state index in [0.29, 0.717) is 6.04 Å². The molecule has 1 aliphatic heterocycles. The van der Waals surface area contributed by atoms with Crippen molar-refractivity contribution < 1.29 is 0 Å². The summed E-state index contributed by atoms with van der Waals surface area (Å²) in [6, 6.07) is 0.683. The van der Waals surface area contributed by atoms with Crippen molar-refractivity contribution in [2.24, 2.45) is 0 Å². The topological polar surface area (TPSA) is 3.01 Å². The summed E-state index contributed by atoms with van der Waals surface area (Å²) in [7, 11) is 0. The van der Waals surface area contributed by atoms with Crippen LogP contribution in [0.2, 0.25) is 0 Å². The Morgan fingerprint density at radius 2 is 2.50 bits per heavy atom. The number of hydrogen-bond acceptors (Lipinski definition) is 1. The first-order valence-corrected chi connectivity index (χ1v) is 2.40. The highest BCUT2D eigenvalue weighted by atomic mass is 32.1. The number of nitrogens with zero attached hydrogens (tertiary/aromatic N) is 1. The summed E-state index contributed by atoms with van der Waals surface area (Å²) < 4.78 is 0. The molecule has 0 aromatic carbocycles. The van der Waals surface area contributed by atoms with Crippen LogP contribution in [-0.2, 0) is 0 Å². The van der Waals surface area contributed by atoms with Crippen LogP contribution in [0.4, 0.5) is 0 Å². The second kappa shape index (κ2) is 1.19. The molecule has 2 heteroatoms. The van der Waals surface area contributed by atoms with E-state index in [1.807, 2.05) is 4.90 Å². The smallest absolute Gasteiger partial charge is 0.137 e. The first-order valence-electron chi connectivity index (χ1n) is 1.99. The minimum atomic E-state index is 0.683. The van der Waals surface area contributed by atoms with Gasteiger partial charge >= 0.3 is 0 Å². The maximum absolute atomic E-state index is 4.49. The molecule has 1 atom stereocenters. The van der Waals surface area contributed by atoms with Crippen LogP contribution in [0.3, 0.4) is 0 Å². The molecule has 0 amide bonds. The molecule has 33 valence electrons. The van der Waals surface area contributed by atoms with Crippen molar-refractivity contribution in [1.82, 2.24) is 4.90 Å². The molecule has 0 aromatic heterocycles. The van der Waals surface area contributed by atoms with Gasteiger partial charge in [-0.2, -0.15) is 0 Å². The van der Waals surface area contributed by atoms with Gasteiger partial charge in [-0.3, -0.25) is 0 Å². The minimum Gasteiger partial charge on any atom is -0.354 e. The van der Waals surface area contributed by atoms with Crippen molar-refractivity contribution in [1.29, 1.82) is 0 Å². The second-order valence-electron chi connectivity index (χ2n) is 1.59. The van der Waals surface area contributed by atoms with Crippen molar-refractivity contribution in [3.05, 3.63) is 0 Å². The highest BCUT2D eigenvalue weighted by molar-refractivity contribution is 7.78. The third-order valence-corrected chi connectivity index (χ3v) is 1.21. The summed E-state index contributed by atoms with van der Waals surface area (Å²) in [6.45, 7) is 3.24. The lowest BCUT2D eigenvalue weighted by molar-refractivity contribution is 0.800. The molecule has 1 fully saturated rings. The molecule has 0 bridgehead atoms. The van der Waals surface area contributed by atoms with Gasteiger partial charge in [-0.15, -0.1) is 0 Å². The quantitative estimate of drug-likeness (QED) is 0.349. The van der Waals surface area contributed by atoms with E-state index in [1.165, 1.54) is 0 Å². The summed E-state index contributed by atoms with van der Waals surface area (Å²) in [6.07, 6.45) is 0. The van der Waals surface area contributed by atoms with Crippen molar-refractivity contribution in [2.45, 2.75) is 13.0 Å². The third kappa shape index (κ3) is 0.522. The normalized spacial score (nSPS) is 30.2. The van der Waals surface area contributed by atoms with Gasteiger partial charge in [0.05, 0.1) is 0 Å². The SMILES string of the molecule is CC1CN1[C]=S. The summed E-state index contributed by atoms with van der Waals surface area (Å²) in [5.41, 5.74) is 2.61. The Bertz CT molecular complexity index is 71.9. The van der Waals surface area contributed by atoms with Crippen LogP contribution in [0, 0.1) is 0 Å². The van der Waals surface area contributed by atoms with Gasteiger partial charge in [-0.1, -0.05) is 12.2 Å². The summed E-state index contributed by atoms with van der Waals surface area (Å²) >= 11 is 4.49. The standard InChI is InChI=1S/C4H6NS/c1-4-2-5(4)3-6/h4H,2H2,1H3. The van der Waals surface area contributed by atoms with Crippen LogP contribution in [0.15, 0.2) is 0 Å². The van der Waals surface area contributed by atoms with Gasteiger partial charge in [0.25, 0.3) is 0 Å². The van der Waals surface area contributed by atoms with E-state index in [-0.39, 0.29) is 0 Å². The number of hydrogen-bond donors (Lipinski definition) is 0. The molecular weight excluding hydrogens is 94.1 g/mol. The fourth-order valence-corrected chi connectivity index (χ4v) is 0.619. The molecule has 0 aromatic rings. The molecule has 0 saturated carbocycles. The highest BCUT2D eigenvalue weighted by Crippen LogP contribution is 2.11. The van der Waals surface area contributed by atoms with E-state index in [1.54, 1.807) is 0 Å². The van der Waals surface area contributed by atoms with Crippen molar-refractivity contribution >= 4 is 17.7 Å². The maximum Gasteiger partial charge on any atom is 0.137 e. The largest absolute Gasteiger partial charge is 0.354 e. The van der Waals surface area contributed by atoms with Crippen LogP contribution in [-0.4, -0.2) is 23.0 Å². The highest BCUT2D eigenvalue weighted by Gasteiger charge is 2.25. The van der Waals surface area contributed by atoms with Crippen molar-refractivity contribution in [2.75, 3.05) is 6.54 Å². The molecule has 1 saturated heterocycles. The fourth-order valence-electron chi connectivity index (χ4n) is 0.365. The lowest BCUT2D eigenvalue weighted by atomic mass is 10.6. The lowest BCUT2D eigenvalue weighted by Crippen LogP contribution is -1.89. The Labute approximate surface area is 42.9 Å². The van der Waals surface area contributed by atoms with E-state index in [9.17, 15) is 0 Å². The van der Waals surface area contributed by atoms with Crippen molar-refractivity contribution in [3.8, 4) is 0 Å². The molecule has 0 spiro atoms. The van der Waals surface area contributed by atoms with Gasteiger partial charge in [0.1, 0.15) is 5.49 Å². The average Bonchev–Trinajstić information content (AvgIpc) is 2.19. The zero-order valence-corrected chi connectivity index (χ0v) is 4.46. The predicted octanol–water partition coefficient (Wildman–Crippen LogP) is 0.525. The van der Waals surface area contributed by atoms with Crippen LogP contribution in [0.5, 0.6) is 0 Å². The van der Waals surface area contributed by atoms with E-state index in [0.717, 1.165) is 6.54 Å². The van der Waals surface area contributed by atoms with Crippen LogP contribution in [0.25, 0.3) is 0 Å². The Morgan fingerprint density at radius 1 is 2.00 bits per heavy atom. The molecule has 6 heavy (non-hydrogen) atoms. The monoisotopic (exact) mass is 100 g/mol. The summed E-state index contributed by atoms with van der Waals surface area (Å²) in [5.74, 6) is 0. The molecule has 1 aliphatic rings. The Kier molecular flexibility index (Phi) is 0.804. The molecule has 1 unspecified atom stereocenters. The zero-order chi connectivity index (χ0) is 4.57. The van der Waals surface area contributed by atoms with Gasteiger partial charge in [-0.05, 0) is 6.92 Å².